The third-order valence-electron chi connectivity index (χ3n) is 2.81. The molecule has 1 saturated heterocycles. The lowest BCUT2D eigenvalue weighted by Crippen LogP contribution is -2.39. The second-order valence-corrected chi connectivity index (χ2v) is 6.39. The Morgan fingerprint density at radius 1 is 1.44 bits per heavy atom. The van der Waals surface area contributed by atoms with Gasteiger partial charge in [0, 0.05) is 6.04 Å². The molecule has 0 bridgehead atoms. The van der Waals surface area contributed by atoms with Crippen molar-refractivity contribution in [3.8, 4) is 0 Å². The fraction of sp³-hybridized carbons (Fsp3) is 0.636. The minimum atomic E-state index is -3.06. The first-order chi connectivity index (χ1) is 7.66. The van der Waals surface area contributed by atoms with E-state index in [0.29, 0.717) is 5.76 Å². The van der Waals surface area contributed by atoms with Crippen LogP contribution in [0.25, 0.3) is 0 Å². The van der Waals surface area contributed by atoms with Crippen molar-refractivity contribution in [3.63, 3.8) is 0 Å². The van der Waals surface area contributed by atoms with Crippen LogP contribution in [0.1, 0.15) is 25.0 Å². The van der Waals surface area contributed by atoms with E-state index < -0.39 is 9.84 Å². The molecular weight excluding hydrogens is 226 g/mol. The van der Waals surface area contributed by atoms with E-state index in [9.17, 15) is 8.42 Å². The topological polar surface area (TPSA) is 59.3 Å². The molecule has 1 unspecified atom stereocenters. The highest BCUT2D eigenvalue weighted by Gasteiger charge is 2.21. The molecule has 2 heterocycles. The Kier molecular flexibility index (Phi) is 3.66. The molecule has 0 aromatic carbocycles. The van der Waals surface area contributed by atoms with Gasteiger partial charge in [0.25, 0.3) is 0 Å². The molecule has 1 aromatic rings. The van der Waals surface area contributed by atoms with Gasteiger partial charge in [-0.15, -0.1) is 0 Å². The summed E-state index contributed by atoms with van der Waals surface area (Å²) in [7, 11) is -3.06. The zero-order chi connectivity index (χ0) is 11.4. The Bertz CT molecular complexity index is 404. The molecule has 90 valence electrons. The van der Waals surface area contributed by atoms with Crippen LogP contribution in [-0.2, 0) is 15.6 Å². The van der Waals surface area contributed by atoms with Crippen molar-refractivity contribution in [2.75, 3.05) is 12.3 Å². The van der Waals surface area contributed by atoms with Gasteiger partial charge >= 0.3 is 0 Å². The SMILES string of the molecule is O=S(=O)(Cc1ccco1)CC1CCCCN1. The van der Waals surface area contributed by atoms with E-state index in [2.05, 4.69) is 5.32 Å². The van der Waals surface area contributed by atoms with Gasteiger partial charge in [-0.2, -0.15) is 0 Å². The van der Waals surface area contributed by atoms with Crippen molar-refractivity contribution in [1.29, 1.82) is 0 Å². The number of rotatable bonds is 4. The normalized spacial score (nSPS) is 22.1. The smallest absolute Gasteiger partial charge is 0.159 e. The predicted molar refractivity (Wildman–Crippen MR) is 61.8 cm³/mol. The molecule has 0 saturated carbocycles. The molecule has 1 aliphatic heterocycles. The van der Waals surface area contributed by atoms with E-state index in [4.69, 9.17) is 4.42 Å². The van der Waals surface area contributed by atoms with Crippen LogP contribution in [-0.4, -0.2) is 26.8 Å². The fourth-order valence-corrected chi connectivity index (χ4v) is 3.66. The van der Waals surface area contributed by atoms with Crippen LogP contribution >= 0.6 is 0 Å². The first-order valence-corrected chi connectivity index (χ1v) is 7.44. The Hall–Kier alpha value is -0.810. The van der Waals surface area contributed by atoms with Gasteiger partial charge in [0.1, 0.15) is 11.5 Å². The number of nitrogens with one attached hydrogen (secondary N) is 1. The number of piperidine rings is 1. The zero-order valence-corrected chi connectivity index (χ0v) is 10.0. The lowest BCUT2D eigenvalue weighted by atomic mass is 10.1. The van der Waals surface area contributed by atoms with Crippen molar-refractivity contribution in [2.45, 2.75) is 31.1 Å². The molecule has 2 rings (SSSR count). The molecule has 5 heteroatoms. The monoisotopic (exact) mass is 243 g/mol. The van der Waals surface area contributed by atoms with E-state index in [1.54, 1.807) is 12.1 Å². The van der Waals surface area contributed by atoms with Crippen LogP contribution in [0.5, 0.6) is 0 Å². The molecule has 1 N–H and O–H groups in total. The summed E-state index contributed by atoms with van der Waals surface area (Å²) < 4.78 is 28.8. The number of hydrogen-bond acceptors (Lipinski definition) is 4. The van der Waals surface area contributed by atoms with E-state index in [0.717, 1.165) is 25.8 Å². The summed E-state index contributed by atoms with van der Waals surface area (Å²) in [5.74, 6) is 0.752. The summed E-state index contributed by atoms with van der Waals surface area (Å²) >= 11 is 0. The van der Waals surface area contributed by atoms with Gasteiger partial charge in [-0.3, -0.25) is 0 Å². The molecule has 1 aromatic heterocycles. The maximum absolute atomic E-state index is 11.9. The van der Waals surface area contributed by atoms with E-state index >= 15 is 0 Å². The molecule has 0 aliphatic carbocycles. The first-order valence-electron chi connectivity index (χ1n) is 5.62. The molecule has 1 fully saturated rings. The van der Waals surface area contributed by atoms with Crippen LogP contribution < -0.4 is 5.32 Å². The van der Waals surface area contributed by atoms with Crippen LogP contribution in [0, 0.1) is 0 Å². The summed E-state index contributed by atoms with van der Waals surface area (Å²) in [6.45, 7) is 0.931. The maximum Gasteiger partial charge on any atom is 0.159 e. The lowest BCUT2D eigenvalue weighted by molar-refractivity contribution is 0.423. The number of hydrogen-bond donors (Lipinski definition) is 1. The van der Waals surface area contributed by atoms with Gasteiger partial charge in [0.15, 0.2) is 9.84 Å². The highest BCUT2D eigenvalue weighted by molar-refractivity contribution is 7.90. The van der Waals surface area contributed by atoms with E-state index in [1.165, 1.54) is 6.26 Å². The third-order valence-corrected chi connectivity index (χ3v) is 4.44. The maximum atomic E-state index is 11.9. The van der Waals surface area contributed by atoms with E-state index in [1.807, 2.05) is 0 Å². The standard InChI is InChI=1S/C11H17NO3S/c13-16(14,9-11-5-3-7-15-11)8-10-4-1-2-6-12-10/h3,5,7,10,12H,1-2,4,6,8-9H2. The Balaban J connectivity index is 1.92. The summed E-state index contributed by atoms with van der Waals surface area (Å²) in [6.07, 6.45) is 4.73. The van der Waals surface area contributed by atoms with Crippen LogP contribution in [0.3, 0.4) is 0 Å². The first kappa shape index (κ1) is 11.7. The predicted octanol–water partition coefficient (Wildman–Crippen LogP) is 1.34. The minimum Gasteiger partial charge on any atom is -0.468 e. The average Bonchev–Trinajstić information content (AvgIpc) is 2.70. The number of sulfone groups is 1. The summed E-state index contributed by atoms with van der Waals surface area (Å²) in [6, 6.07) is 3.53. The molecule has 1 aliphatic rings. The summed E-state index contributed by atoms with van der Waals surface area (Å²) in [5.41, 5.74) is 0. The quantitative estimate of drug-likeness (QED) is 0.867. The van der Waals surface area contributed by atoms with Gasteiger partial charge in [-0.1, -0.05) is 6.42 Å². The third kappa shape index (κ3) is 3.35. The highest BCUT2D eigenvalue weighted by Crippen LogP contribution is 2.13. The lowest BCUT2D eigenvalue weighted by Gasteiger charge is -2.22. The van der Waals surface area contributed by atoms with Crippen molar-refractivity contribution in [1.82, 2.24) is 5.32 Å². The van der Waals surface area contributed by atoms with Gasteiger partial charge < -0.3 is 9.73 Å². The Morgan fingerprint density at radius 2 is 2.31 bits per heavy atom. The van der Waals surface area contributed by atoms with Crippen LogP contribution in [0.4, 0.5) is 0 Å². The van der Waals surface area contributed by atoms with Gasteiger partial charge in [0.2, 0.25) is 0 Å². The average molecular weight is 243 g/mol. The molecule has 1 atom stereocenters. The fourth-order valence-electron chi connectivity index (χ4n) is 2.04. The molecule has 0 radical (unpaired) electrons. The van der Waals surface area contributed by atoms with Crippen LogP contribution in [0.15, 0.2) is 22.8 Å². The summed E-state index contributed by atoms with van der Waals surface area (Å²) in [4.78, 5) is 0. The highest BCUT2D eigenvalue weighted by atomic mass is 32.2. The largest absolute Gasteiger partial charge is 0.468 e. The zero-order valence-electron chi connectivity index (χ0n) is 9.19. The summed E-state index contributed by atoms with van der Waals surface area (Å²) in [5, 5.41) is 3.25. The second kappa shape index (κ2) is 5.01. The van der Waals surface area contributed by atoms with Crippen LogP contribution in [0.2, 0.25) is 0 Å². The Labute approximate surface area is 95.9 Å². The number of furan rings is 1. The van der Waals surface area contributed by atoms with Crippen molar-refractivity contribution >= 4 is 9.84 Å². The molecule has 16 heavy (non-hydrogen) atoms. The molecular formula is C11H17NO3S. The molecule has 4 nitrogen and oxygen atoms in total. The van der Waals surface area contributed by atoms with Crippen molar-refractivity contribution in [2.24, 2.45) is 0 Å². The van der Waals surface area contributed by atoms with Gasteiger partial charge in [0.05, 0.1) is 12.0 Å². The minimum absolute atomic E-state index is 0.0121. The molecule has 0 amide bonds. The van der Waals surface area contributed by atoms with Crippen molar-refractivity contribution < 1.29 is 12.8 Å². The van der Waals surface area contributed by atoms with Crippen molar-refractivity contribution in [3.05, 3.63) is 24.2 Å². The Morgan fingerprint density at radius 3 is 2.94 bits per heavy atom. The van der Waals surface area contributed by atoms with Gasteiger partial charge in [-0.05, 0) is 31.5 Å². The second-order valence-electron chi connectivity index (χ2n) is 4.28. The van der Waals surface area contributed by atoms with Gasteiger partial charge in [-0.25, -0.2) is 8.42 Å². The molecule has 0 spiro atoms. The van der Waals surface area contributed by atoms with E-state index in [-0.39, 0.29) is 17.5 Å².